The van der Waals surface area contributed by atoms with E-state index in [-0.39, 0.29) is 17.6 Å². The molecule has 3 rings (SSSR count). The molecule has 0 spiro atoms. The maximum atomic E-state index is 12.8. The third-order valence-corrected chi connectivity index (χ3v) is 6.39. The highest BCUT2D eigenvalue weighted by atomic mass is 32.2. The van der Waals surface area contributed by atoms with Gasteiger partial charge in [-0.15, -0.1) is 20.4 Å². The van der Waals surface area contributed by atoms with Crippen LogP contribution < -0.4 is 11.1 Å². The number of amides is 1. The number of anilines is 2. The van der Waals surface area contributed by atoms with Gasteiger partial charge in [0.15, 0.2) is 5.16 Å². The lowest BCUT2D eigenvalue weighted by Gasteiger charge is -2.18. The second-order valence-corrected chi connectivity index (χ2v) is 8.30. The van der Waals surface area contributed by atoms with Gasteiger partial charge >= 0.3 is 0 Å². The number of carbonyl (C=O) groups is 1. The van der Waals surface area contributed by atoms with Crippen molar-refractivity contribution in [3.63, 3.8) is 0 Å². The van der Waals surface area contributed by atoms with E-state index in [1.165, 1.54) is 42.4 Å². The Kier molecular flexibility index (Phi) is 6.63. The quantitative estimate of drug-likeness (QED) is 0.670. The Morgan fingerprint density at radius 3 is 2.85 bits per heavy atom. The number of carbonyl (C=O) groups excluding carboxylic acids is 1. The minimum absolute atomic E-state index is 0.151. The number of hydrogen-bond donors (Lipinski definition) is 2. The fraction of sp³-hybridized carbons (Fsp3) is 0.625. The first-order valence-electron chi connectivity index (χ1n) is 8.98. The van der Waals surface area contributed by atoms with E-state index in [4.69, 9.17) is 11.0 Å². The molecule has 1 saturated carbocycles. The first-order chi connectivity index (χ1) is 13.1. The summed E-state index contributed by atoms with van der Waals surface area (Å²) >= 11 is 2.64. The molecule has 1 aliphatic carbocycles. The molecule has 144 valence electrons. The maximum Gasteiger partial charge on any atom is 0.249 e. The van der Waals surface area contributed by atoms with Gasteiger partial charge in [0, 0.05) is 5.92 Å². The van der Waals surface area contributed by atoms with E-state index in [0.717, 1.165) is 17.8 Å². The van der Waals surface area contributed by atoms with E-state index in [2.05, 4.69) is 25.7 Å². The highest BCUT2D eigenvalue weighted by molar-refractivity contribution is 7.99. The van der Waals surface area contributed by atoms with E-state index in [1.54, 1.807) is 4.57 Å². The van der Waals surface area contributed by atoms with Crippen molar-refractivity contribution in [3.05, 3.63) is 5.01 Å². The van der Waals surface area contributed by atoms with E-state index < -0.39 is 6.04 Å². The second-order valence-electron chi connectivity index (χ2n) is 6.35. The van der Waals surface area contributed by atoms with Crippen LogP contribution in [0, 0.1) is 11.3 Å². The van der Waals surface area contributed by atoms with E-state index in [9.17, 15) is 4.79 Å². The van der Waals surface area contributed by atoms with Gasteiger partial charge in [0.05, 0.1) is 11.8 Å². The Labute approximate surface area is 165 Å². The zero-order valence-electron chi connectivity index (χ0n) is 15.1. The van der Waals surface area contributed by atoms with Crippen LogP contribution in [-0.4, -0.2) is 36.6 Å². The molecule has 1 aliphatic rings. The summed E-state index contributed by atoms with van der Waals surface area (Å²) < 4.78 is 1.57. The van der Waals surface area contributed by atoms with Crippen molar-refractivity contribution in [1.29, 1.82) is 5.26 Å². The smallest absolute Gasteiger partial charge is 0.249 e. The third kappa shape index (κ3) is 4.56. The molecule has 11 heteroatoms. The summed E-state index contributed by atoms with van der Waals surface area (Å²) in [6.07, 6.45) is 6.50. The Hall–Kier alpha value is -2.19. The van der Waals surface area contributed by atoms with Crippen LogP contribution in [0.4, 0.5) is 11.1 Å². The number of rotatable bonds is 7. The van der Waals surface area contributed by atoms with Gasteiger partial charge in [-0.2, -0.15) is 5.26 Å². The number of nitriles is 1. The van der Waals surface area contributed by atoms with Crippen LogP contribution in [0.5, 0.6) is 0 Å². The monoisotopic (exact) mass is 406 g/mol. The number of aromatic nitrogens is 5. The Balaban J connectivity index is 1.72. The molecule has 0 saturated heterocycles. The normalized spacial score (nSPS) is 16.0. The zero-order valence-corrected chi connectivity index (χ0v) is 16.7. The summed E-state index contributed by atoms with van der Waals surface area (Å²) in [7, 11) is 0. The molecule has 1 fully saturated rings. The average molecular weight is 407 g/mol. The Bertz CT molecular complexity index is 821. The van der Waals surface area contributed by atoms with Crippen LogP contribution in [0.2, 0.25) is 0 Å². The van der Waals surface area contributed by atoms with E-state index in [1.807, 2.05) is 13.0 Å². The molecule has 1 unspecified atom stereocenters. The van der Waals surface area contributed by atoms with Crippen LogP contribution in [0.3, 0.4) is 0 Å². The van der Waals surface area contributed by atoms with Gasteiger partial charge in [0.1, 0.15) is 11.0 Å². The predicted octanol–water partition coefficient (Wildman–Crippen LogP) is 2.96. The summed E-state index contributed by atoms with van der Waals surface area (Å²) in [5.41, 5.74) is 5.91. The summed E-state index contributed by atoms with van der Waals surface area (Å²) in [5, 5.41) is 29.8. The van der Waals surface area contributed by atoms with Crippen molar-refractivity contribution in [2.75, 3.05) is 16.8 Å². The molecule has 9 nitrogen and oxygen atoms in total. The van der Waals surface area contributed by atoms with E-state index >= 15 is 0 Å². The minimum atomic E-state index is -0.580. The first-order valence-corrected chi connectivity index (χ1v) is 10.8. The summed E-state index contributed by atoms with van der Waals surface area (Å²) in [4.78, 5) is 12.8. The third-order valence-electron chi connectivity index (χ3n) is 4.58. The number of nitrogens with zero attached hydrogens (tertiary/aromatic N) is 6. The highest BCUT2D eigenvalue weighted by Gasteiger charge is 2.26. The van der Waals surface area contributed by atoms with Crippen LogP contribution in [-0.2, 0) is 4.79 Å². The molecule has 0 aliphatic heterocycles. The van der Waals surface area contributed by atoms with E-state index in [0.29, 0.717) is 22.6 Å². The van der Waals surface area contributed by atoms with Gasteiger partial charge in [-0.1, -0.05) is 49.3 Å². The molecular weight excluding hydrogens is 384 g/mol. The van der Waals surface area contributed by atoms with Crippen LogP contribution in [0.1, 0.15) is 62.4 Å². The van der Waals surface area contributed by atoms with Crippen molar-refractivity contribution < 1.29 is 4.79 Å². The standard InChI is InChI=1S/C16H22N8OS2/c1-2-11(24-14(18)21-23-16(24)26-9-8-17)12(25)19-15-22-20-13(27-15)10-6-4-3-5-7-10/h10-11H,2-7,9H2,1H3,(H2,18,21)(H,19,22,25). The molecule has 2 heterocycles. The van der Waals surface area contributed by atoms with Crippen LogP contribution in [0.25, 0.3) is 0 Å². The molecule has 2 aromatic heterocycles. The van der Waals surface area contributed by atoms with Crippen molar-refractivity contribution >= 4 is 40.1 Å². The largest absolute Gasteiger partial charge is 0.368 e. The average Bonchev–Trinajstić information content (AvgIpc) is 3.29. The second kappa shape index (κ2) is 9.14. The molecule has 0 radical (unpaired) electrons. The number of thioether (sulfide) groups is 1. The fourth-order valence-corrected chi connectivity index (χ4v) is 4.82. The highest BCUT2D eigenvalue weighted by Crippen LogP contribution is 2.35. The van der Waals surface area contributed by atoms with Gasteiger partial charge in [0.25, 0.3) is 0 Å². The molecular formula is C16H22N8OS2. The number of nitrogens with one attached hydrogen (secondary N) is 1. The van der Waals surface area contributed by atoms with Gasteiger partial charge in [0.2, 0.25) is 17.0 Å². The van der Waals surface area contributed by atoms with Gasteiger partial charge < -0.3 is 5.73 Å². The first kappa shape index (κ1) is 19.6. The lowest BCUT2D eigenvalue weighted by molar-refractivity contribution is -0.119. The fourth-order valence-electron chi connectivity index (χ4n) is 3.25. The number of hydrogen-bond acceptors (Lipinski definition) is 9. The van der Waals surface area contributed by atoms with Crippen molar-refractivity contribution in [1.82, 2.24) is 25.0 Å². The Morgan fingerprint density at radius 1 is 1.37 bits per heavy atom. The van der Waals surface area contributed by atoms with Crippen molar-refractivity contribution in [3.8, 4) is 6.07 Å². The molecule has 3 N–H and O–H groups in total. The molecule has 0 bridgehead atoms. The maximum absolute atomic E-state index is 12.8. The Morgan fingerprint density at radius 2 is 2.15 bits per heavy atom. The van der Waals surface area contributed by atoms with Gasteiger partial charge in [-0.05, 0) is 19.3 Å². The lowest BCUT2D eigenvalue weighted by Crippen LogP contribution is -2.27. The predicted molar refractivity (Wildman–Crippen MR) is 104 cm³/mol. The summed E-state index contributed by atoms with van der Waals surface area (Å²) in [6.45, 7) is 1.88. The van der Waals surface area contributed by atoms with Crippen LogP contribution >= 0.6 is 23.1 Å². The molecule has 1 amide bonds. The van der Waals surface area contributed by atoms with Crippen LogP contribution in [0.15, 0.2) is 5.16 Å². The van der Waals surface area contributed by atoms with Crippen molar-refractivity contribution in [2.45, 2.75) is 62.6 Å². The molecule has 0 aromatic carbocycles. The van der Waals surface area contributed by atoms with Gasteiger partial charge in [-0.25, -0.2) is 0 Å². The zero-order chi connectivity index (χ0) is 19.2. The SMILES string of the molecule is CCC(C(=O)Nc1nnc(C2CCCCC2)s1)n1c(N)nnc1SCC#N. The van der Waals surface area contributed by atoms with Gasteiger partial charge in [-0.3, -0.25) is 14.7 Å². The molecule has 27 heavy (non-hydrogen) atoms. The molecule has 2 aromatic rings. The lowest BCUT2D eigenvalue weighted by atomic mass is 9.90. The minimum Gasteiger partial charge on any atom is -0.368 e. The molecule has 1 atom stereocenters. The topological polar surface area (TPSA) is 135 Å². The number of nitrogen functional groups attached to an aromatic ring is 1. The van der Waals surface area contributed by atoms with Crippen molar-refractivity contribution in [2.24, 2.45) is 0 Å². The number of nitrogens with two attached hydrogens (primary N) is 1. The summed E-state index contributed by atoms with van der Waals surface area (Å²) in [6, 6.07) is 1.46. The summed E-state index contributed by atoms with van der Waals surface area (Å²) in [5.74, 6) is 0.565.